The van der Waals surface area contributed by atoms with Crippen molar-refractivity contribution in [2.75, 3.05) is 11.4 Å². The van der Waals surface area contributed by atoms with E-state index in [9.17, 15) is 9.59 Å². The Kier molecular flexibility index (Phi) is 4.32. The Hall–Kier alpha value is -2.76. The van der Waals surface area contributed by atoms with Crippen LogP contribution in [0, 0.1) is 6.92 Å². The maximum absolute atomic E-state index is 12.6. The van der Waals surface area contributed by atoms with Crippen LogP contribution in [-0.2, 0) is 4.79 Å². The molecule has 2 aromatic heterocycles. The molecule has 6 heteroatoms. The maximum atomic E-state index is 12.6. The fourth-order valence-corrected chi connectivity index (χ4v) is 2.74. The molecule has 0 saturated carbocycles. The Balaban J connectivity index is 1.74. The standard InChI is InChI=1S/C17H18N4O2/c1-12-14(6-3-9-19-12)16(22)20-15-7-4-10-21(17(15)23)13-5-2-8-18-11-13/h2-3,5-6,8-9,11,15H,4,7,10H2,1H3,(H,20,22)/t15-/m0/s1. The number of amides is 2. The smallest absolute Gasteiger partial charge is 0.253 e. The largest absolute Gasteiger partial charge is 0.340 e. The molecule has 118 valence electrons. The van der Waals surface area contributed by atoms with Crippen LogP contribution in [0.4, 0.5) is 5.69 Å². The minimum atomic E-state index is -0.518. The Morgan fingerprint density at radius 1 is 1.30 bits per heavy atom. The minimum absolute atomic E-state index is 0.0980. The number of carbonyl (C=O) groups is 2. The molecule has 0 aliphatic carbocycles. The average Bonchev–Trinajstić information content (AvgIpc) is 2.58. The maximum Gasteiger partial charge on any atom is 0.253 e. The van der Waals surface area contributed by atoms with Crippen molar-refractivity contribution in [3.05, 3.63) is 54.1 Å². The highest BCUT2D eigenvalue weighted by molar-refractivity contribution is 6.03. The molecule has 1 fully saturated rings. The third-order valence-electron chi connectivity index (χ3n) is 3.95. The zero-order valence-electron chi connectivity index (χ0n) is 12.9. The zero-order chi connectivity index (χ0) is 16.2. The number of hydrogen-bond donors (Lipinski definition) is 1. The minimum Gasteiger partial charge on any atom is -0.340 e. The molecule has 2 aromatic rings. The van der Waals surface area contributed by atoms with Gasteiger partial charge in [0.2, 0.25) is 5.91 Å². The van der Waals surface area contributed by atoms with Crippen LogP contribution < -0.4 is 10.2 Å². The highest BCUT2D eigenvalue weighted by atomic mass is 16.2. The predicted octanol–water partition coefficient (Wildman–Crippen LogP) is 1.71. The molecule has 1 aliphatic rings. The van der Waals surface area contributed by atoms with Gasteiger partial charge in [-0.1, -0.05) is 0 Å². The van der Waals surface area contributed by atoms with Crippen LogP contribution >= 0.6 is 0 Å². The van der Waals surface area contributed by atoms with E-state index in [1.807, 2.05) is 6.07 Å². The van der Waals surface area contributed by atoms with Gasteiger partial charge in [-0.05, 0) is 44.0 Å². The highest BCUT2D eigenvalue weighted by Crippen LogP contribution is 2.20. The van der Waals surface area contributed by atoms with Gasteiger partial charge in [0.05, 0.1) is 17.4 Å². The van der Waals surface area contributed by atoms with E-state index in [0.717, 1.165) is 12.1 Å². The quantitative estimate of drug-likeness (QED) is 0.936. The average molecular weight is 310 g/mol. The molecule has 3 heterocycles. The summed E-state index contributed by atoms with van der Waals surface area (Å²) in [5, 5.41) is 2.83. The number of aromatic nitrogens is 2. The number of piperidine rings is 1. The molecule has 0 radical (unpaired) electrons. The monoisotopic (exact) mass is 310 g/mol. The fourth-order valence-electron chi connectivity index (χ4n) is 2.74. The molecule has 6 nitrogen and oxygen atoms in total. The summed E-state index contributed by atoms with van der Waals surface area (Å²) in [7, 11) is 0. The van der Waals surface area contributed by atoms with Gasteiger partial charge in [-0.3, -0.25) is 19.6 Å². The molecule has 0 spiro atoms. The van der Waals surface area contributed by atoms with E-state index in [2.05, 4.69) is 15.3 Å². The normalized spacial score (nSPS) is 17.9. The first kappa shape index (κ1) is 15.1. The fraction of sp³-hybridized carbons (Fsp3) is 0.294. The summed E-state index contributed by atoms with van der Waals surface area (Å²) in [4.78, 5) is 34.9. The third kappa shape index (κ3) is 3.21. The van der Waals surface area contributed by atoms with Crippen LogP contribution in [0.2, 0.25) is 0 Å². The van der Waals surface area contributed by atoms with Crippen molar-refractivity contribution in [1.29, 1.82) is 0 Å². The van der Waals surface area contributed by atoms with Crippen molar-refractivity contribution in [2.24, 2.45) is 0 Å². The summed E-state index contributed by atoms with van der Waals surface area (Å²) in [5.41, 5.74) is 1.91. The van der Waals surface area contributed by atoms with E-state index in [1.54, 1.807) is 48.6 Å². The van der Waals surface area contributed by atoms with Gasteiger partial charge in [-0.25, -0.2) is 0 Å². The topological polar surface area (TPSA) is 75.2 Å². The first-order chi connectivity index (χ1) is 11.2. The summed E-state index contributed by atoms with van der Waals surface area (Å²) in [6.45, 7) is 2.42. The van der Waals surface area contributed by atoms with E-state index in [0.29, 0.717) is 24.2 Å². The Labute approximate surface area is 134 Å². The molecule has 3 rings (SSSR count). The Morgan fingerprint density at radius 2 is 2.13 bits per heavy atom. The van der Waals surface area contributed by atoms with Crippen molar-refractivity contribution in [3.8, 4) is 0 Å². The van der Waals surface area contributed by atoms with Crippen molar-refractivity contribution in [2.45, 2.75) is 25.8 Å². The van der Waals surface area contributed by atoms with Gasteiger partial charge >= 0.3 is 0 Å². The molecule has 0 unspecified atom stereocenters. The van der Waals surface area contributed by atoms with Crippen LogP contribution in [-0.4, -0.2) is 34.4 Å². The van der Waals surface area contributed by atoms with Gasteiger partial charge < -0.3 is 10.2 Å². The van der Waals surface area contributed by atoms with Crippen molar-refractivity contribution in [3.63, 3.8) is 0 Å². The lowest BCUT2D eigenvalue weighted by molar-refractivity contribution is -0.121. The number of nitrogens with zero attached hydrogens (tertiary/aromatic N) is 3. The molecular weight excluding hydrogens is 292 g/mol. The molecule has 1 saturated heterocycles. The number of rotatable bonds is 3. The van der Waals surface area contributed by atoms with Crippen LogP contribution in [0.5, 0.6) is 0 Å². The summed E-state index contributed by atoms with van der Waals surface area (Å²) in [5.74, 6) is -0.360. The van der Waals surface area contributed by atoms with E-state index in [1.165, 1.54) is 0 Å². The molecule has 0 bridgehead atoms. The SMILES string of the molecule is Cc1ncccc1C(=O)N[C@H]1CCCN(c2cccnc2)C1=O. The van der Waals surface area contributed by atoms with Gasteiger partial charge in [0, 0.05) is 24.6 Å². The van der Waals surface area contributed by atoms with Crippen LogP contribution in [0.3, 0.4) is 0 Å². The van der Waals surface area contributed by atoms with Crippen LogP contribution in [0.15, 0.2) is 42.9 Å². The Morgan fingerprint density at radius 3 is 2.87 bits per heavy atom. The van der Waals surface area contributed by atoms with Gasteiger partial charge in [-0.15, -0.1) is 0 Å². The predicted molar refractivity (Wildman–Crippen MR) is 86.1 cm³/mol. The lowest BCUT2D eigenvalue weighted by Crippen LogP contribution is -2.52. The number of aryl methyl sites for hydroxylation is 1. The summed E-state index contributed by atoms with van der Waals surface area (Å²) in [6, 6.07) is 6.55. The summed E-state index contributed by atoms with van der Waals surface area (Å²) < 4.78 is 0. The number of pyridine rings is 2. The first-order valence-electron chi connectivity index (χ1n) is 7.60. The number of hydrogen-bond acceptors (Lipinski definition) is 4. The van der Waals surface area contributed by atoms with E-state index < -0.39 is 6.04 Å². The van der Waals surface area contributed by atoms with E-state index in [4.69, 9.17) is 0 Å². The van der Waals surface area contributed by atoms with Gasteiger partial charge in [0.1, 0.15) is 6.04 Å². The lowest BCUT2D eigenvalue weighted by atomic mass is 10.0. The number of nitrogens with one attached hydrogen (secondary N) is 1. The van der Waals surface area contributed by atoms with Crippen LogP contribution in [0.1, 0.15) is 28.9 Å². The first-order valence-corrected chi connectivity index (χ1v) is 7.60. The molecule has 1 atom stereocenters. The molecule has 2 amide bonds. The van der Waals surface area contributed by atoms with Gasteiger partial charge in [-0.2, -0.15) is 0 Å². The summed E-state index contributed by atoms with van der Waals surface area (Å²) >= 11 is 0. The second-order valence-corrected chi connectivity index (χ2v) is 5.51. The highest BCUT2D eigenvalue weighted by Gasteiger charge is 2.31. The molecular formula is C17H18N4O2. The molecule has 23 heavy (non-hydrogen) atoms. The van der Waals surface area contributed by atoms with Crippen molar-refractivity contribution in [1.82, 2.24) is 15.3 Å². The van der Waals surface area contributed by atoms with E-state index >= 15 is 0 Å². The van der Waals surface area contributed by atoms with Crippen molar-refractivity contribution < 1.29 is 9.59 Å². The van der Waals surface area contributed by atoms with Gasteiger partial charge in [0.25, 0.3) is 5.91 Å². The van der Waals surface area contributed by atoms with Gasteiger partial charge in [0.15, 0.2) is 0 Å². The van der Waals surface area contributed by atoms with E-state index in [-0.39, 0.29) is 11.8 Å². The Bertz CT molecular complexity index is 718. The molecule has 1 N–H and O–H groups in total. The molecule has 1 aliphatic heterocycles. The number of anilines is 1. The second kappa shape index (κ2) is 6.56. The van der Waals surface area contributed by atoms with Crippen molar-refractivity contribution >= 4 is 17.5 Å². The summed E-state index contributed by atoms with van der Waals surface area (Å²) in [6.07, 6.45) is 6.44. The van der Waals surface area contributed by atoms with Crippen LogP contribution in [0.25, 0.3) is 0 Å². The molecule has 0 aromatic carbocycles. The number of carbonyl (C=O) groups excluding carboxylic acids is 2. The third-order valence-corrected chi connectivity index (χ3v) is 3.95. The lowest BCUT2D eigenvalue weighted by Gasteiger charge is -2.32. The second-order valence-electron chi connectivity index (χ2n) is 5.51. The zero-order valence-corrected chi connectivity index (χ0v) is 12.9.